The van der Waals surface area contributed by atoms with Gasteiger partial charge in [-0.15, -0.1) is 0 Å². The summed E-state index contributed by atoms with van der Waals surface area (Å²) >= 11 is 0. The van der Waals surface area contributed by atoms with E-state index in [2.05, 4.69) is 25.7 Å². The average molecular weight is 645 g/mol. The molecule has 7 N–H and O–H groups in total. The van der Waals surface area contributed by atoms with Crippen LogP contribution in [0.15, 0.2) is 96.0 Å². The molecular weight excluding hydrogens is 604 g/mol. The zero-order valence-electron chi connectivity index (χ0n) is 25.9. The van der Waals surface area contributed by atoms with Gasteiger partial charge < -0.3 is 26.8 Å². The van der Waals surface area contributed by atoms with Crippen LogP contribution >= 0.6 is 0 Å². The molecule has 4 rings (SSSR count). The van der Waals surface area contributed by atoms with E-state index in [4.69, 9.17) is 5.73 Å². The Bertz CT molecular complexity index is 1730. The summed E-state index contributed by atoms with van der Waals surface area (Å²) in [6.45, 7) is 2.91. The van der Waals surface area contributed by atoms with Crippen molar-refractivity contribution in [1.82, 2.24) is 25.7 Å². The fourth-order valence-electron chi connectivity index (χ4n) is 4.78. The zero-order chi connectivity index (χ0) is 33.1. The van der Waals surface area contributed by atoms with Crippen LogP contribution in [0.1, 0.15) is 51.2 Å². The van der Waals surface area contributed by atoms with Gasteiger partial charge >= 0.3 is 0 Å². The van der Waals surface area contributed by atoms with Crippen LogP contribution in [0.4, 0.5) is 5.82 Å². The van der Waals surface area contributed by atoms with Crippen molar-refractivity contribution in [2.24, 2.45) is 0 Å². The molecule has 0 bridgehead atoms. The summed E-state index contributed by atoms with van der Waals surface area (Å²) < 4.78 is 26.3. The molecule has 0 aliphatic heterocycles. The number of nitrogen functional groups attached to an aromatic ring is 1. The first-order chi connectivity index (χ1) is 22.0. The van der Waals surface area contributed by atoms with Gasteiger partial charge in [0, 0.05) is 43.0 Å². The summed E-state index contributed by atoms with van der Waals surface area (Å²) in [6, 6.07) is 24.7. The number of benzene rings is 3. The number of nitrogens with zero attached hydrogens (tertiary/aromatic N) is 1. The Morgan fingerprint density at radius 1 is 0.870 bits per heavy atom. The highest BCUT2D eigenvalue weighted by Crippen LogP contribution is 2.14. The number of carbonyl (C=O) groups excluding carboxylic acids is 2. The van der Waals surface area contributed by atoms with E-state index in [1.54, 1.807) is 54.7 Å². The van der Waals surface area contributed by atoms with Gasteiger partial charge in [-0.05, 0) is 73.0 Å². The third-order valence-electron chi connectivity index (χ3n) is 7.39. The molecule has 4 aromatic rings. The predicted octanol–water partition coefficient (Wildman–Crippen LogP) is 2.62. The number of aliphatic hydroxyl groups excluding tert-OH is 1. The fourth-order valence-corrected chi connectivity index (χ4v) is 5.58. The van der Waals surface area contributed by atoms with E-state index < -0.39 is 16.1 Å². The molecule has 1 heterocycles. The lowest BCUT2D eigenvalue weighted by Crippen LogP contribution is -2.32. The summed E-state index contributed by atoms with van der Waals surface area (Å²) in [7, 11) is -2.23. The number of pyridine rings is 1. The Hall–Kier alpha value is -4.62. The first kappa shape index (κ1) is 34.3. The molecule has 0 aliphatic carbocycles. The monoisotopic (exact) mass is 644 g/mol. The van der Waals surface area contributed by atoms with E-state index in [1.165, 1.54) is 19.2 Å². The number of aliphatic hydroxyl groups is 1. The van der Waals surface area contributed by atoms with Gasteiger partial charge in [0.15, 0.2) is 0 Å². The van der Waals surface area contributed by atoms with E-state index in [1.807, 2.05) is 31.2 Å². The summed E-state index contributed by atoms with van der Waals surface area (Å²) in [5.41, 5.74) is 10.2. The molecule has 11 nitrogen and oxygen atoms in total. The van der Waals surface area contributed by atoms with Gasteiger partial charge in [-0.25, -0.2) is 18.1 Å². The fraction of sp³-hybridized carbons (Fsp3) is 0.265. The predicted molar refractivity (Wildman–Crippen MR) is 177 cm³/mol. The molecule has 0 saturated heterocycles. The number of amides is 2. The minimum Gasteiger partial charge on any atom is -0.387 e. The smallest absolute Gasteiger partial charge is 0.251 e. The largest absolute Gasteiger partial charge is 0.387 e. The van der Waals surface area contributed by atoms with Gasteiger partial charge in [0.25, 0.3) is 5.91 Å². The number of rotatable bonds is 15. The number of sulfonamides is 1. The maximum atomic E-state index is 12.7. The molecule has 0 aliphatic rings. The molecule has 2 amide bonds. The number of hydrogen-bond acceptors (Lipinski definition) is 8. The van der Waals surface area contributed by atoms with Crippen LogP contribution in [-0.4, -0.2) is 50.0 Å². The lowest BCUT2D eigenvalue weighted by atomic mass is 10.0. The van der Waals surface area contributed by atoms with Crippen LogP contribution in [-0.2, 0) is 40.7 Å². The van der Waals surface area contributed by atoms with Crippen LogP contribution < -0.4 is 26.4 Å². The molecule has 3 aromatic carbocycles. The highest BCUT2D eigenvalue weighted by molar-refractivity contribution is 7.89. The van der Waals surface area contributed by atoms with Gasteiger partial charge in [0.1, 0.15) is 5.82 Å². The summed E-state index contributed by atoms with van der Waals surface area (Å²) in [5.74, 6) is -0.00363. The van der Waals surface area contributed by atoms with Crippen molar-refractivity contribution in [2.75, 3.05) is 19.3 Å². The number of anilines is 1. The van der Waals surface area contributed by atoms with Crippen molar-refractivity contribution < 1.29 is 23.1 Å². The number of aromatic nitrogens is 1. The Labute approximate surface area is 269 Å². The summed E-state index contributed by atoms with van der Waals surface area (Å²) in [5, 5.41) is 19.5. The lowest BCUT2D eigenvalue weighted by molar-refractivity contribution is -0.120. The molecule has 0 spiro atoms. The molecule has 0 saturated carbocycles. The third-order valence-corrected chi connectivity index (χ3v) is 8.80. The Balaban J connectivity index is 1.20. The normalized spacial score (nSPS) is 12.7. The number of carbonyl (C=O) groups is 2. The van der Waals surface area contributed by atoms with E-state index in [-0.39, 0.29) is 35.7 Å². The first-order valence-corrected chi connectivity index (χ1v) is 16.4. The number of hydrogen-bond donors (Lipinski definition) is 6. The lowest BCUT2D eigenvalue weighted by Gasteiger charge is -2.18. The van der Waals surface area contributed by atoms with Gasteiger partial charge in [-0.1, -0.05) is 54.6 Å². The summed E-state index contributed by atoms with van der Waals surface area (Å²) in [6.07, 6.45) is 1.84. The van der Waals surface area contributed by atoms with Crippen molar-refractivity contribution in [3.8, 4) is 0 Å². The van der Waals surface area contributed by atoms with Crippen LogP contribution in [0.2, 0.25) is 0 Å². The van der Waals surface area contributed by atoms with Gasteiger partial charge in [-0.3, -0.25) is 9.59 Å². The van der Waals surface area contributed by atoms with Crippen molar-refractivity contribution >= 4 is 27.7 Å². The molecule has 0 unspecified atom stereocenters. The second-order valence-corrected chi connectivity index (χ2v) is 12.9. The van der Waals surface area contributed by atoms with E-state index in [9.17, 15) is 23.1 Å². The first-order valence-electron chi connectivity index (χ1n) is 14.9. The van der Waals surface area contributed by atoms with Crippen LogP contribution in [0.25, 0.3) is 0 Å². The molecular formula is C34H40N6O5S. The minimum absolute atomic E-state index is 0.0962. The second-order valence-electron chi connectivity index (χ2n) is 11.1. The molecule has 1 aromatic heterocycles. The van der Waals surface area contributed by atoms with Crippen molar-refractivity contribution in [1.29, 1.82) is 0 Å². The standard InChI is InChI=1S/C34H40N6O5S/c1-23(37-22-31(41)29-13-14-32(35)38-21-29)15-25-5-3-6-26(16-25)18-33(42)39-19-24-9-11-28(12-10-24)34(43)40-20-27-7-4-8-30(17-27)46(44,45)36-2/h3-14,16-17,21,23,31,36-37,41H,15,18-20,22H2,1-2H3,(H2,35,38)(H,39,42)(H,40,43)/t23-,31+/m1/s1. The molecule has 12 heteroatoms. The number of nitrogens with two attached hydrogens (primary N) is 1. The van der Waals surface area contributed by atoms with Crippen molar-refractivity contribution in [2.45, 2.75) is 49.9 Å². The maximum absolute atomic E-state index is 12.7. The maximum Gasteiger partial charge on any atom is 0.251 e. The average Bonchev–Trinajstić information content (AvgIpc) is 3.06. The SMILES string of the molecule is CNS(=O)(=O)c1cccc(CNC(=O)c2ccc(CNC(=O)Cc3cccc(C[C@@H](C)NC[C@H](O)c4ccc(N)nc4)c3)cc2)c1. The van der Waals surface area contributed by atoms with Crippen LogP contribution in [0.3, 0.4) is 0 Å². The molecule has 0 fully saturated rings. The topological polar surface area (TPSA) is 176 Å². The van der Waals surface area contributed by atoms with Crippen LogP contribution in [0, 0.1) is 0 Å². The molecule has 46 heavy (non-hydrogen) atoms. The zero-order valence-corrected chi connectivity index (χ0v) is 26.7. The van der Waals surface area contributed by atoms with Gasteiger partial charge in [0.05, 0.1) is 17.4 Å². The highest BCUT2D eigenvalue weighted by atomic mass is 32.2. The van der Waals surface area contributed by atoms with Gasteiger partial charge in [0.2, 0.25) is 15.9 Å². The Kier molecular flexibility index (Phi) is 12.0. The summed E-state index contributed by atoms with van der Waals surface area (Å²) in [4.78, 5) is 29.5. The Morgan fingerprint density at radius 3 is 2.28 bits per heavy atom. The molecule has 0 radical (unpaired) electrons. The Morgan fingerprint density at radius 2 is 1.57 bits per heavy atom. The van der Waals surface area contributed by atoms with E-state index >= 15 is 0 Å². The molecule has 242 valence electrons. The minimum atomic E-state index is -3.57. The quantitative estimate of drug-likeness (QED) is 0.114. The number of nitrogens with one attached hydrogen (secondary N) is 4. The highest BCUT2D eigenvalue weighted by Gasteiger charge is 2.13. The van der Waals surface area contributed by atoms with E-state index in [0.717, 1.165) is 23.1 Å². The third kappa shape index (κ3) is 10.2. The van der Waals surface area contributed by atoms with Crippen LogP contribution in [0.5, 0.6) is 0 Å². The van der Waals surface area contributed by atoms with Gasteiger partial charge in [-0.2, -0.15) is 0 Å². The molecule has 2 atom stereocenters. The second kappa shape index (κ2) is 16.1. The van der Waals surface area contributed by atoms with Crippen molar-refractivity contribution in [3.63, 3.8) is 0 Å². The van der Waals surface area contributed by atoms with E-state index in [0.29, 0.717) is 35.6 Å². The van der Waals surface area contributed by atoms with Crippen molar-refractivity contribution in [3.05, 3.63) is 125 Å².